The molecule has 2 aromatic carbocycles. The van der Waals surface area contributed by atoms with Crippen LogP contribution in [0.4, 0.5) is 11.4 Å². The number of fused-ring (bicyclic) bond motifs is 2. The van der Waals surface area contributed by atoms with Crippen molar-refractivity contribution in [1.29, 1.82) is 0 Å². The number of nitro benzene ring substituents is 2. The third kappa shape index (κ3) is 3.50. The molecule has 11 nitrogen and oxygen atoms in total. The molecule has 4 rings (SSSR count). The summed E-state index contributed by atoms with van der Waals surface area (Å²) in [5.41, 5.74) is 1.68. The maximum Gasteiger partial charge on any atom is 0.270 e. The molecule has 0 N–H and O–H groups in total. The van der Waals surface area contributed by atoms with E-state index in [1.165, 1.54) is 24.3 Å². The van der Waals surface area contributed by atoms with Gasteiger partial charge in [-0.15, -0.1) is 0 Å². The number of nitrogens with zero attached hydrogens (tertiary/aromatic N) is 7. The van der Waals surface area contributed by atoms with Gasteiger partial charge in [0.1, 0.15) is 0 Å². The van der Waals surface area contributed by atoms with Crippen LogP contribution in [0.1, 0.15) is 0 Å². The quantitative estimate of drug-likeness (QED) is 0.281. The molecule has 0 saturated heterocycles. The summed E-state index contributed by atoms with van der Waals surface area (Å²) in [4.78, 5) is 21.0. The summed E-state index contributed by atoms with van der Waals surface area (Å²) in [6.07, 6.45) is 3.23. The standard InChI is InChI=1S/C18H18N7O4/c1-25(2,11-21-17-5-3-15(23(26)27)7-13(17)9-19-21)12-22-18-6-4-16(24(28)29)8-14(18)10-20-22/h3-10H,11-12H2,1-2H3/q+1. The minimum Gasteiger partial charge on any atom is -0.291 e. The van der Waals surface area contributed by atoms with Crippen LogP contribution < -0.4 is 0 Å². The minimum absolute atomic E-state index is 0.0305. The van der Waals surface area contributed by atoms with Crippen LogP contribution >= 0.6 is 0 Å². The van der Waals surface area contributed by atoms with E-state index in [0.717, 1.165) is 11.0 Å². The number of nitro groups is 2. The van der Waals surface area contributed by atoms with Crippen LogP contribution in [-0.2, 0) is 13.3 Å². The van der Waals surface area contributed by atoms with Gasteiger partial charge in [0.05, 0.1) is 47.4 Å². The Labute approximate surface area is 164 Å². The van der Waals surface area contributed by atoms with Gasteiger partial charge >= 0.3 is 0 Å². The van der Waals surface area contributed by atoms with Crippen LogP contribution in [0.3, 0.4) is 0 Å². The Morgan fingerprint density at radius 3 is 1.62 bits per heavy atom. The maximum atomic E-state index is 11.0. The second-order valence-electron chi connectivity index (χ2n) is 7.51. The number of rotatable bonds is 6. The number of benzene rings is 2. The first kappa shape index (κ1) is 18.5. The molecule has 0 aliphatic rings. The number of quaternary nitrogens is 1. The third-order valence-corrected chi connectivity index (χ3v) is 4.71. The second kappa shape index (κ2) is 6.63. The van der Waals surface area contributed by atoms with Gasteiger partial charge in [0.15, 0.2) is 13.3 Å². The smallest absolute Gasteiger partial charge is 0.270 e. The Kier molecular flexibility index (Phi) is 4.23. The zero-order chi connectivity index (χ0) is 20.8. The van der Waals surface area contributed by atoms with Gasteiger partial charge in [0.25, 0.3) is 11.4 Å². The minimum atomic E-state index is -0.427. The molecule has 4 aromatic rings. The Morgan fingerprint density at radius 1 is 0.828 bits per heavy atom. The fourth-order valence-electron chi connectivity index (χ4n) is 3.37. The van der Waals surface area contributed by atoms with Crippen molar-refractivity contribution in [2.75, 3.05) is 14.1 Å². The van der Waals surface area contributed by atoms with Crippen molar-refractivity contribution >= 4 is 33.2 Å². The molecule has 0 amide bonds. The first-order valence-corrected chi connectivity index (χ1v) is 8.75. The van der Waals surface area contributed by atoms with E-state index >= 15 is 0 Å². The van der Waals surface area contributed by atoms with Crippen molar-refractivity contribution in [2.24, 2.45) is 0 Å². The van der Waals surface area contributed by atoms with Crippen LogP contribution in [0.5, 0.6) is 0 Å². The van der Waals surface area contributed by atoms with Gasteiger partial charge in [0, 0.05) is 35.0 Å². The summed E-state index contributed by atoms with van der Waals surface area (Å²) in [6.45, 7) is 1.02. The van der Waals surface area contributed by atoms with Gasteiger partial charge in [-0.05, 0) is 12.1 Å². The van der Waals surface area contributed by atoms with E-state index in [-0.39, 0.29) is 11.4 Å². The van der Waals surface area contributed by atoms with E-state index in [9.17, 15) is 20.2 Å². The highest BCUT2D eigenvalue weighted by molar-refractivity contribution is 5.81. The van der Waals surface area contributed by atoms with Crippen molar-refractivity contribution in [3.63, 3.8) is 0 Å². The van der Waals surface area contributed by atoms with Crippen LogP contribution in [0.2, 0.25) is 0 Å². The van der Waals surface area contributed by atoms with E-state index in [1.54, 1.807) is 33.9 Å². The number of non-ortho nitro benzene ring substituents is 2. The van der Waals surface area contributed by atoms with E-state index in [2.05, 4.69) is 10.2 Å². The van der Waals surface area contributed by atoms with E-state index in [0.29, 0.717) is 28.6 Å². The SMILES string of the molecule is C[N+](C)(Cn1ncc2cc([N+](=O)[O-])ccc21)Cn1ncc2cc([N+](=O)[O-])ccc21. The first-order valence-electron chi connectivity index (χ1n) is 8.75. The molecule has 0 spiro atoms. The van der Waals surface area contributed by atoms with Crippen LogP contribution in [0.25, 0.3) is 21.8 Å². The zero-order valence-corrected chi connectivity index (χ0v) is 15.8. The van der Waals surface area contributed by atoms with Crippen molar-refractivity contribution in [2.45, 2.75) is 13.3 Å². The van der Waals surface area contributed by atoms with Crippen molar-refractivity contribution in [3.05, 3.63) is 69.0 Å². The first-order chi connectivity index (χ1) is 13.7. The average molecular weight is 396 g/mol. The molecular formula is C18H18N7O4+. The Hall–Kier alpha value is -3.86. The largest absolute Gasteiger partial charge is 0.291 e. The molecule has 0 bridgehead atoms. The summed E-state index contributed by atoms with van der Waals surface area (Å²) in [5, 5.41) is 32.1. The number of aromatic nitrogens is 4. The van der Waals surface area contributed by atoms with E-state index in [1.807, 2.05) is 14.1 Å². The molecule has 0 saturated carbocycles. The Balaban J connectivity index is 1.59. The highest BCUT2D eigenvalue weighted by Gasteiger charge is 2.21. The molecule has 0 atom stereocenters. The topological polar surface area (TPSA) is 122 Å². The Morgan fingerprint density at radius 2 is 1.24 bits per heavy atom. The lowest BCUT2D eigenvalue weighted by Gasteiger charge is -2.29. The van der Waals surface area contributed by atoms with E-state index in [4.69, 9.17) is 0 Å². The lowest BCUT2D eigenvalue weighted by atomic mass is 10.2. The summed E-state index contributed by atoms with van der Waals surface area (Å²) in [7, 11) is 4.02. The van der Waals surface area contributed by atoms with Gasteiger partial charge < -0.3 is 0 Å². The molecule has 0 radical (unpaired) electrons. The molecule has 0 aliphatic carbocycles. The fourth-order valence-corrected chi connectivity index (χ4v) is 3.37. The molecule has 0 aliphatic heterocycles. The van der Waals surface area contributed by atoms with Gasteiger partial charge in [-0.25, -0.2) is 9.36 Å². The predicted molar refractivity (Wildman–Crippen MR) is 105 cm³/mol. The third-order valence-electron chi connectivity index (χ3n) is 4.71. The van der Waals surface area contributed by atoms with Crippen molar-refractivity contribution < 1.29 is 14.3 Å². The highest BCUT2D eigenvalue weighted by atomic mass is 16.6. The van der Waals surface area contributed by atoms with Gasteiger partial charge in [0.2, 0.25) is 0 Å². The molecule has 2 aromatic heterocycles. The second-order valence-corrected chi connectivity index (χ2v) is 7.51. The van der Waals surface area contributed by atoms with Gasteiger partial charge in [-0.3, -0.25) is 24.7 Å². The van der Waals surface area contributed by atoms with Crippen LogP contribution in [-0.4, -0.2) is 48.0 Å². The summed E-state index contributed by atoms with van der Waals surface area (Å²) < 4.78 is 4.09. The molecule has 11 heteroatoms. The normalized spacial score (nSPS) is 11.9. The number of hydrogen-bond acceptors (Lipinski definition) is 6. The summed E-state index contributed by atoms with van der Waals surface area (Å²) in [6, 6.07) is 9.34. The lowest BCUT2D eigenvalue weighted by Crippen LogP contribution is -2.42. The van der Waals surface area contributed by atoms with E-state index < -0.39 is 9.85 Å². The fraction of sp³-hybridized carbons (Fsp3) is 0.222. The zero-order valence-electron chi connectivity index (χ0n) is 15.8. The van der Waals surface area contributed by atoms with Gasteiger partial charge in [-0.2, -0.15) is 10.2 Å². The monoisotopic (exact) mass is 396 g/mol. The van der Waals surface area contributed by atoms with Crippen LogP contribution in [0, 0.1) is 20.2 Å². The highest BCUT2D eigenvalue weighted by Crippen LogP contribution is 2.23. The molecule has 0 fully saturated rings. The number of hydrogen-bond donors (Lipinski definition) is 0. The van der Waals surface area contributed by atoms with Crippen molar-refractivity contribution in [1.82, 2.24) is 19.6 Å². The molecule has 29 heavy (non-hydrogen) atoms. The molecule has 0 unspecified atom stereocenters. The van der Waals surface area contributed by atoms with Crippen LogP contribution in [0.15, 0.2) is 48.8 Å². The summed E-state index contributed by atoms with van der Waals surface area (Å²) in [5.74, 6) is 0. The average Bonchev–Trinajstić information content (AvgIpc) is 3.24. The molecular weight excluding hydrogens is 378 g/mol. The summed E-state index contributed by atoms with van der Waals surface area (Å²) >= 11 is 0. The lowest BCUT2D eigenvalue weighted by molar-refractivity contribution is -0.934. The molecule has 2 heterocycles. The predicted octanol–water partition coefficient (Wildman–Crippen LogP) is 2.89. The molecule has 148 valence electrons. The Bertz CT molecular complexity index is 1160. The maximum absolute atomic E-state index is 11.0. The van der Waals surface area contributed by atoms with Gasteiger partial charge in [-0.1, -0.05) is 0 Å². The van der Waals surface area contributed by atoms with Crippen molar-refractivity contribution in [3.8, 4) is 0 Å².